The van der Waals surface area contributed by atoms with E-state index in [1.54, 1.807) is 12.4 Å². The van der Waals surface area contributed by atoms with Crippen LogP contribution in [-0.2, 0) is 24.2 Å². The molecule has 0 aromatic carbocycles. The Labute approximate surface area is 122 Å². The summed E-state index contributed by atoms with van der Waals surface area (Å²) in [5, 5.41) is 14.7. The maximum absolute atomic E-state index is 5.87. The standard InChI is InChI=1S/C14H19N5O2/c1-2-11-4-10(18-19(11)3-1)5-15-13-8-20-9-14(13)21-12-6-16-17-7-12/h4,6-7,13-15H,1-3,5,8-9H2,(H,16,17)/t13-,14+/m0/s1. The van der Waals surface area contributed by atoms with Crippen molar-refractivity contribution in [2.24, 2.45) is 0 Å². The van der Waals surface area contributed by atoms with Gasteiger partial charge in [0.25, 0.3) is 0 Å². The summed E-state index contributed by atoms with van der Waals surface area (Å²) in [4.78, 5) is 0. The van der Waals surface area contributed by atoms with Crippen molar-refractivity contribution in [1.82, 2.24) is 25.3 Å². The van der Waals surface area contributed by atoms with Crippen molar-refractivity contribution in [3.63, 3.8) is 0 Å². The van der Waals surface area contributed by atoms with E-state index in [1.807, 2.05) is 0 Å². The monoisotopic (exact) mass is 289 g/mol. The van der Waals surface area contributed by atoms with Crippen molar-refractivity contribution in [2.45, 2.75) is 38.1 Å². The molecule has 2 N–H and O–H groups in total. The highest BCUT2D eigenvalue weighted by atomic mass is 16.5. The van der Waals surface area contributed by atoms with E-state index < -0.39 is 0 Å². The minimum atomic E-state index is 0.0112. The van der Waals surface area contributed by atoms with Gasteiger partial charge in [-0.05, 0) is 18.9 Å². The summed E-state index contributed by atoms with van der Waals surface area (Å²) < 4.78 is 13.5. The molecule has 0 saturated carbocycles. The molecule has 0 unspecified atom stereocenters. The van der Waals surface area contributed by atoms with Gasteiger partial charge in [-0.3, -0.25) is 9.78 Å². The minimum Gasteiger partial charge on any atom is -0.483 e. The first-order chi connectivity index (χ1) is 10.4. The molecule has 2 aromatic heterocycles. The minimum absolute atomic E-state index is 0.0112. The van der Waals surface area contributed by atoms with Crippen molar-refractivity contribution < 1.29 is 9.47 Å². The molecule has 2 atom stereocenters. The predicted octanol–water partition coefficient (Wildman–Crippen LogP) is 0.488. The van der Waals surface area contributed by atoms with E-state index in [9.17, 15) is 0 Å². The average molecular weight is 289 g/mol. The number of nitrogens with one attached hydrogen (secondary N) is 2. The smallest absolute Gasteiger partial charge is 0.157 e. The lowest BCUT2D eigenvalue weighted by Crippen LogP contribution is -2.41. The van der Waals surface area contributed by atoms with Crippen LogP contribution in [-0.4, -0.2) is 45.3 Å². The highest BCUT2D eigenvalue weighted by Crippen LogP contribution is 2.17. The van der Waals surface area contributed by atoms with Gasteiger partial charge >= 0.3 is 0 Å². The molecule has 4 heterocycles. The van der Waals surface area contributed by atoms with Crippen LogP contribution in [0.2, 0.25) is 0 Å². The summed E-state index contributed by atoms with van der Waals surface area (Å²) in [5.41, 5.74) is 2.44. The van der Waals surface area contributed by atoms with Crippen molar-refractivity contribution in [3.8, 4) is 5.75 Å². The van der Waals surface area contributed by atoms with Crippen molar-refractivity contribution in [3.05, 3.63) is 29.8 Å². The average Bonchev–Trinajstić information content (AvgIpc) is 3.21. The second-order valence-electron chi connectivity index (χ2n) is 5.57. The Balaban J connectivity index is 1.34. The molecule has 21 heavy (non-hydrogen) atoms. The van der Waals surface area contributed by atoms with E-state index in [1.165, 1.54) is 12.1 Å². The van der Waals surface area contributed by atoms with Gasteiger partial charge in [-0.25, -0.2) is 0 Å². The number of fused-ring (bicyclic) bond motifs is 1. The van der Waals surface area contributed by atoms with E-state index in [0.717, 1.165) is 31.0 Å². The maximum Gasteiger partial charge on any atom is 0.157 e. The van der Waals surface area contributed by atoms with Crippen LogP contribution >= 0.6 is 0 Å². The van der Waals surface area contributed by atoms with Gasteiger partial charge in [-0.2, -0.15) is 10.2 Å². The molecule has 0 aliphatic carbocycles. The Bertz CT molecular complexity index is 573. The van der Waals surface area contributed by atoms with E-state index in [-0.39, 0.29) is 12.1 Å². The van der Waals surface area contributed by atoms with Crippen molar-refractivity contribution >= 4 is 0 Å². The number of hydrogen-bond donors (Lipinski definition) is 2. The van der Waals surface area contributed by atoms with E-state index in [2.05, 4.69) is 31.4 Å². The number of aryl methyl sites for hydroxylation is 2. The second kappa shape index (κ2) is 5.50. The number of rotatable bonds is 5. The predicted molar refractivity (Wildman–Crippen MR) is 75.0 cm³/mol. The number of aromatic amines is 1. The van der Waals surface area contributed by atoms with Crippen LogP contribution in [0.3, 0.4) is 0 Å². The number of ether oxygens (including phenoxy) is 2. The van der Waals surface area contributed by atoms with Crippen LogP contribution in [0.25, 0.3) is 0 Å². The summed E-state index contributed by atoms with van der Waals surface area (Å²) >= 11 is 0. The molecule has 7 heteroatoms. The Hall–Kier alpha value is -1.86. The topological polar surface area (TPSA) is 77.0 Å². The van der Waals surface area contributed by atoms with E-state index >= 15 is 0 Å². The van der Waals surface area contributed by atoms with Gasteiger partial charge in [0, 0.05) is 18.8 Å². The summed E-state index contributed by atoms with van der Waals surface area (Å²) in [6.45, 7) is 3.06. The fourth-order valence-electron chi connectivity index (χ4n) is 2.96. The first-order valence-corrected chi connectivity index (χ1v) is 7.40. The Morgan fingerprint density at radius 3 is 3.33 bits per heavy atom. The molecule has 4 rings (SSSR count). The summed E-state index contributed by atoms with van der Waals surface area (Å²) in [6, 6.07) is 2.37. The molecule has 1 fully saturated rings. The van der Waals surface area contributed by atoms with Gasteiger partial charge in [0.2, 0.25) is 0 Å². The summed E-state index contributed by atoms with van der Waals surface area (Å²) in [7, 11) is 0. The quantitative estimate of drug-likeness (QED) is 0.837. The molecular weight excluding hydrogens is 270 g/mol. The van der Waals surface area contributed by atoms with Gasteiger partial charge in [0.05, 0.1) is 37.3 Å². The highest BCUT2D eigenvalue weighted by molar-refractivity contribution is 5.14. The number of H-pyrrole nitrogens is 1. The zero-order valence-corrected chi connectivity index (χ0v) is 11.8. The van der Waals surface area contributed by atoms with Gasteiger partial charge in [0.15, 0.2) is 5.75 Å². The first kappa shape index (κ1) is 12.8. The van der Waals surface area contributed by atoms with Crippen molar-refractivity contribution in [2.75, 3.05) is 13.2 Å². The molecule has 0 bridgehead atoms. The zero-order valence-electron chi connectivity index (χ0n) is 11.8. The number of nitrogens with zero attached hydrogens (tertiary/aromatic N) is 3. The lowest BCUT2D eigenvalue weighted by Gasteiger charge is -2.19. The number of hydrogen-bond acceptors (Lipinski definition) is 5. The Morgan fingerprint density at radius 2 is 2.48 bits per heavy atom. The SMILES string of the molecule is c1n[nH]cc1O[C@@H]1COC[C@@H]1NCc1cc2n(n1)CCC2. The second-order valence-corrected chi connectivity index (χ2v) is 5.57. The largest absolute Gasteiger partial charge is 0.483 e. The molecular formula is C14H19N5O2. The van der Waals surface area contributed by atoms with Crippen LogP contribution in [0, 0.1) is 0 Å². The fraction of sp³-hybridized carbons (Fsp3) is 0.571. The first-order valence-electron chi connectivity index (χ1n) is 7.40. The fourth-order valence-corrected chi connectivity index (χ4v) is 2.96. The molecule has 0 amide bonds. The normalized spacial score (nSPS) is 24.4. The van der Waals surface area contributed by atoms with Gasteiger partial charge in [0.1, 0.15) is 6.10 Å². The third-order valence-corrected chi connectivity index (χ3v) is 4.05. The molecule has 0 radical (unpaired) electrons. The highest BCUT2D eigenvalue weighted by Gasteiger charge is 2.30. The van der Waals surface area contributed by atoms with Gasteiger partial charge in [-0.1, -0.05) is 0 Å². The molecule has 7 nitrogen and oxygen atoms in total. The third-order valence-electron chi connectivity index (χ3n) is 4.05. The van der Waals surface area contributed by atoms with Crippen LogP contribution in [0.15, 0.2) is 18.5 Å². The summed E-state index contributed by atoms with van der Waals surface area (Å²) in [5.74, 6) is 0.748. The van der Waals surface area contributed by atoms with Gasteiger partial charge < -0.3 is 14.8 Å². The van der Waals surface area contributed by atoms with E-state index in [0.29, 0.717) is 13.2 Å². The van der Waals surface area contributed by atoms with Crippen molar-refractivity contribution in [1.29, 1.82) is 0 Å². The molecule has 1 saturated heterocycles. The third kappa shape index (κ3) is 2.66. The molecule has 2 aliphatic heterocycles. The van der Waals surface area contributed by atoms with Crippen LogP contribution < -0.4 is 10.1 Å². The Morgan fingerprint density at radius 1 is 1.48 bits per heavy atom. The summed E-state index contributed by atoms with van der Waals surface area (Å²) in [6.07, 6.45) is 5.79. The van der Waals surface area contributed by atoms with Gasteiger partial charge in [-0.15, -0.1) is 0 Å². The van der Waals surface area contributed by atoms with Crippen LogP contribution in [0.1, 0.15) is 17.8 Å². The lowest BCUT2D eigenvalue weighted by atomic mass is 10.2. The van der Waals surface area contributed by atoms with Crippen LogP contribution in [0.4, 0.5) is 0 Å². The zero-order chi connectivity index (χ0) is 14.1. The van der Waals surface area contributed by atoms with E-state index in [4.69, 9.17) is 9.47 Å². The lowest BCUT2D eigenvalue weighted by molar-refractivity contribution is 0.139. The number of aromatic nitrogens is 4. The molecule has 112 valence electrons. The molecule has 2 aliphatic rings. The molecule has 2 aromatic rings. The maximum atomic E-state index is 5.87. The van der Waals surface area contributed by atoms with Crippen LogP contribution in [0.5, 0.6) is 5.75 Å². The molecule has 0 spiro atoms. The Kier molecular flexibility index (Phi) is 3.36.